The van der Waals surface area contributed by atoms with E-state index in [2.05, 4.69) is 0 Å². The minimum Gasteiger partial charge on any atom is -0.457 e. The molecule has 0 aromatic carbocycles. The third kappa shape index (κ3) is 8.26. The Morgan fingerprint density at radius 3 is 1.02 bits per heavy atom. The van der Waals surface area contributed by atoms with Gasteiger partial charge in [0.05, 0.1) is 12.2 Å². The van der Waals surface area contributed by atoms with Gasteiger partial charge in [-0.1, -0.05) is 13.8 Å². The lowest BCUT2D eigenvalue weighted by Gasteiger charge is -2.05. The van der Waals surface area contributed by atoms with Crippen LogP contribution in [0.15, 0.2) is 66.2 Å². The Morgan fingerprint density at radius 1 is 0.500 bits per heavy atom. The molecule has 0 aliphatic heterocycles. The van der Waals surface area contributed by atoms with Gasteiger partial charge in [-0.25, -0.2) is 19.2 Å². The van der Waals surface area contributed by atoms with E-state index in [-0.39, 0.29) is 71.5 Å². The SMILES string of the molecule is CC.CC(C)OC(=O)c1ccc(-c2ccc(C(=O)OCCOC(=O)c3ccc(-c4ccc(C(=O)OC(C)C)o4)o3)o2)o1. The van der Waals surface area contributed by atoms with Gasteiger partial charge in [0.1, 0.15) is 13.2 Å². The second-order valence-corrected chi connectivity index (χ2v) is 8.84. The molecule has 0 bridgehead atoms. The first-order chi connectivity index (χ1) is 20.1. The van der Waals surface area contributed by atoms with Crippen LogP contribution in [-0.2, 0) is 18.9 Å². The lowest BCUT2D eigenvalue weighted by atomic mass is 10.3. The van der Waals surface area contributed by atoms with Crippen molar-refractivity contribution in [3.05, 3.63) is 71.6 Å². The zero-order valence-electron chi connectivity index (χ0n) is 24.1. The van der Waals surface area contributed by atoms with E-state index in [4.69, 9.17) is 36.6 Å². The molecule has 0 unspecified atom stereocenters. The predicted molar refractivity (Wildman–Crippen MR) is 146 cm³/mol. The fourth-order valence-corrected chi connectivity index (χ4v) is 3.28. The molecule has 12 nitrogen and oxygen atoms in total. The standard InChI is InChI=1S/C28H26O12.C2H6/c1-15(2)35-27(31)23-11-7-19(39-23)17-5-9-21(37-17)25(29)33-13-14-34-26(30)22-10-6-18(38-22)20-8-12-24(40-20)28(32)36-16(3)4;1-2/h5-12,15-16H,13-14H2,1-4H3;1-2H3. The van der Waals surface area contributed by atoms with Crippen LogP contribution in [0.5, 0.6) is 0 Å². The molecule has 42 heavy (non-hydrogen) atoms. The summed E-state index contributed by atoms with van der Waals surface area (Å²) in [5.41, 5.74) is 0. The highest BCUT2D eigenvalue weighted by atomic mass is 16.6. The Hall–Kier alpha value is -5.00. The number of hydrogen-bond donors (Lipinski definition) is 0. The highest BCUT2D eigenvalue weighted by molar-refractivity contribution is 5.89. The van der Waals surface area contributed by atoms with Gasteiger partial charge in [0, 0.05) is 0 Å². The van der Waals surface area contributed by atoms with Crippen LogP contribution in [0, 0.1) is 0 Å². The van der Waals surface area contributed by atoms with Gasteiger partial charge in [0.2, 0.25) is 23.0 Å². The number of ether oxygens (including phenoxy) is 4. The molecule has 4 heterocycles. The molecule has 0 aliphatic carbocycles. The van der Waals surface area contributed by atoms with Crippen molar-refractivity contribution in [3.8, 4) is 23.0 Å². The number of carbonyl (C=O) groups excluding carboxylic acids is 4. The first-order valence-electron chi connectivity index (χ1n) is 13.3. The molecule has 0 saturated heterocycles. The number of carbonyl (C=O) groups is 4. The van der Waals surface area contributed by atoms with E-state index in [1.807, 2.05) is 13.8 Å². The Morgan fingerprint density at radius 2 is 0.762 bits per heavy atom. The van der Waals surface area contributed by atoms with E-state index in [0.29, 0.717) is 0 Å². The molecule has 0 aliphatic rings. The molecule has 0 fully saturated rings. The van der Waals surface area contributed by atoms with Gasteiger partial charge in [-0.3, -0.25) is 0 Å². The normalized spacial score (nSPS) is 10.7. The number of esters is 4. The first kappa shape index (κ1) is 31.5. The summed E-state index contributed by atoms with van der Waals surface area (Å²) in [6.07, 6.45) is -0.610. The Balaban J connectivity index is 0.00000237. The summed E-state index contributed by atoms with van der Waals surface area (Å²) < 4.78 is 42.1. The van der Waals surface area contributed by atoms with Crippen molar-refractivity contribution in [2.24, 2.45) is 0 Å². The lowest BCUT2D eigenvalue weighted by molar-refractivity contribution is 0.0230. The van der Waals surface area contributed by atoms with E-state index in [0.717, 1.165) is 0 Å². The molecule has 4 rings (SSSR count). The van der Waals surface area contributed by atoms with E-state index >= 15 is 0 Å². The molecule has 0 radical (unpaired) electrons. The Bertz CT molecular complexity index is 1380. The van der Waals surface area contributed by atoms with E-state index in [1.165, 1.54) is 48.5 Å². The molecule has 0 amide bonds. The Labute approximate surface area is 241 Å². The van der Waals surface area contributed by atoms with Gasteiger partial charge in [-0.15, -0.1) is 0 Å². The van der Waals surface area contributed by atoms with Gasteiger partial charge < -0.3 is 36.6 Å². The molecule has 12 heteroatoms. The van der Waals surface area contributed by atoms with Crippen LogP contribution in [0.3, 0.4) is 0 Å². The summed E-state index contributed by atoms with van der Waals surface area (Å²) in [6.45, 7) is 10.4. The van der Waals surface area contributed by atoms with Gasteiger partial charge >= 0.3 is 23.9 Å². The maximum atomic E-state index is 12.3. The molecule has 4 aromatic rings. The average Bonchev–Trinajstić information content (AvgIpc) is 3.76. The monoisotopic (exact) mass is 584 g/mol. The highest BCUT2D eigenvalue weighted by Crippen LogP contribution is 2.27. The molecule has 0 saturated carbocycles. The maximum absolute atomic E-state index is 12.3. The maximum Gasteiger partial charge on any atom is 0.374 e. The van der Waals surface area contributed by atoms with Crippen LogP contribution in [0.2, 0.25) is 0 Å². The third-order valence-electron chi connectivity index (χ3n) is 4.95. The minimum absolute atomic E-state index is 0.00466. The van der Waals surface area contributed by atoms with Crippen molar-refractivity contribution in [2.75, 3.05) is 13.2 Å². The first-order valence-corrected chi connectivity index (χ1v) is 13.3. The van der Waals surface area contributed by atoms with Crippen molar-refractivity contribution in [1.29, 1.82) is 0 Å². The summed E-state index contributed by atoms with van der Waals surface area (Å²) in [4.78, 5) is 48.4. The van der Waals surface area contributed by atoms with Gasteiger partial charge in [-0.2, -0.15) is 0 Å². The van der Waals surface area contributed by atoms with Crippen LogP contribution < -0.4 is 0 Å². The summed E-state index contributed by atoms with van der Waals surface area (Å²) in [5, 5.41) is 0. The Kier molecular flexibility index (Phi) is 10.9. The van der Waals surface area contributed by atoms with Gasteiger partial charge in [0.25, 0.3) is 0 Å². The molecule has 0 spiro atoms. The van der Waals surface area contributed by atoms with Crippen LogP contribution in [0.4, 0.5) is 0 Å². The zero-order chi connectivity index (χ0) is 30.8. The van der Waals surface area contributed by atoms with E-state index < -0.39 is 23.9 Å². The molecular weight excluding hydrogens is 552 g/mol. The van der Waals surface area contributed by atoms with Crippen LogP contribution in [0.25, 0.3) is 23.0 Å². The topological polar surface area (TPSA) is 158 Å². The second kappa shape index (κ2) is 14.6. The molecule has 224 valence electrons. The van der Waals surface area contributed by atoms with Crippen molar-refractivity contribution in [1.82, 2.24) is 0 Å². The van der Waals surface area contributed by atoms with Crippen LogP contribution in [-0.4, -0.2) is 49.3 Å². The quantitative estimate of drug-likeness (QED) is 0.106. The third-order valence-corrected chi connectivity index (χ3v) is 4.95. The smallest absolute Gasteiger partial charge is 0.374 e. The summed E-state index contributed by atoms with van der Waals surface area (Å²) >= 11 is 0. The molecule has 4 aromatic heterocycles. The van der Waals surface area contributed by atoms with Gasteiger partial charge in [-0.05, 0) is 76.2 Å². The van der Waals surface area contributed by atoms with E-state index in [9.17, 15) is 19.2 Å². The van der Waals surface area contributed by atoms with Crippen LogP contribution in [0.1, 0.15) is 83.8 Å². The van der Waals surface area contributed by atoms with Crippen molar-refractivity contribution in [2.45, 2.75) is 53.8 Å². The second-order valence-electron chi connectivity index (χ2n) is 8.84. The van der Waals surface area contributed by atoms with E-state index in [1.54, 1.807) is 27.7 Å². The van der Waals surface area contributed by atoms with Crippen LogP contribution >= 0.6 is 0 Å². The van der Waals surface area contributed by atoms with Gasteiger partial charge in [0.15, 0.2) is 23.0 Å². The molecule has 0 N–H and O–H groups in total. The number of rotatable bonds is 11. The molecule has 0 atom stereocenters. The van der Waals surface area contributed by atoms with Crippen molar-refractivity contribution < 1.29 is 55.8 Å². The number of furan rings is 4. The highest BCUT2D eigenvalue weighted by Gasteiger charge is 2.21. The average molecular weight is 585 g/mol. The largest absolute Gasteiger partial charge is 0.457 e. The summed E-state index contributed by atoms with van der Waals surface area (Å²) in [7, 11) is 0. The fourth-order valence-electron chi connectivity index (χ4n) is 3.28. The lowest BCUT2D eigenvalue weighted by Crippen LogP contribution is -2.13. The molecular formula is C30H32O12. The van der Waals surface area contributed by atoms with Crippen molar-refractivity contribution in [3.63, 3.8) is 0 Å². The number of hydrogen-bond acceptors (Lipinski definition) is 12. The summed E-state index contributed by atoms with van der Waals surface area (Å²) in [5.74, 6) is -2.21. The van der Waals surface area contributed by atoms with Crippen molar-refractivity contribution >= 4 is 23.9 Å². The fraction of sp³-hybridized carbons (Fsp3) is 0.333. The predicted octanol–water partition coefficient (Wildman–Crippen LogP) is 6.56. The summed E-state index contributed by atoms with van der Waals surface area (Å²) in [6, 6.07) is 11.6. The zero-order valence-corrected chi connectivity index (χ0v) is 24.1. The minimum atomic E-state index is -0.793.